The Bertz CT molecular complexity index is 393. The summed E-state index contributed by atoms with van der Waals surface area (Å²) in [5, 5.41) is 3.69. The molecule has 1 N–H and O–H groups in total. The molecule has 2 aliphatic carbocycles. The number of hydrogen-bond donors (Lipinski definition) is 1. The molecule has 3 rings (SSSR count). The quantitative estimate of drug-likeness (QED) is 0.831. The van der Waals surface area contributed by atoms with E-state index in [1.165, 1.54) is 44.1 Å². The number of aryl methyl sites for hydroxylation is 2. The fraction of sp³-hybridized carbons (Fsp3) is 0.625. The predicted octanol–water partition coefficient (Wildman–Crippen LogP) is 3.63. The minimum Gasteiger partial charge on any atom is -0.310 e. The molecule has 92 valence electrons. The zero-order chi connectivity index (χ0) is 11.7. The molecular formula is C16H23N. The summed E-state index contributed by atoms with van der Waals surface area (Å²) in [7, 11) is 0. The molecule has 1 nitrogen and oxygen atoms in total. The molecule has 0 spiro atoms. The predicted molar refractivity (Wildman–Crippen MR) is 72.2 cm³/mol. The van der Waals surface area contributed by atoms with E-state index in [4.69, 9.17) is 0 Å². The van der Waals surface area contributed by atoms with E-state index in [-0.39, 0.29) is 0 Å². The van der Waals surface area contributed by atoms with Crippen LogP contribution in [-0.2, 0) is 12.8 Å². The third-order valence-corrected chi connectivity index (χ3v) is 4.53. The summed E-state index contributed by atoms with van der Waals surface area (Å²) in [5.41, 5.74) is 4.75. The third kappa shape index (κ3) is 2.13. The minimum absolute atomic E-state index is 0.611. The van der Waals surface area contributed by atoms with Crippen LogP contribution in [0.4, 0.5) is 0 Å². The van der Waals surface area contributed by atoms with Crippen LogP contribution in [0.15, 0.2) is 18.2 Å². The Hall–Kier alpha value is -0.820. The van der Waals surface area contributed by atoms with Crippen LogP contribution in [0.25, 0.3) is 0 Å². The van der Waals surface area contributed by atoms with E-state index in [9.17, 15) is 0 Å². The largest absolute Gasteiger partial charge is 0.310 e. The molecule has 0 aromatic heterocycles. The van der Waals surface area contributed by atoms with Crippen molar-refractivity contribution in [1.29, 1.82) is 0 Å². The maximum Gasteiger partial charge on any atom is 0.0348 e. The van der Waals surface area contributed by atoms with Gasteiger partial charge in [-0.25, -0.2) is 0 Å². The minimum atomic E-state index is 0.611. The molecule has 0 amide bonds. The second-order valence-corrected chi connectivity index (χ2v) is 5.61. The number of rotatable bonds is 4. The Kier molecular flexibility index (Phi) is 3.19. The summed E-state index contributed by atoms with van der Waals surface area (Å²) in [5.74, 6) is 0.884. The molecule has 1 saturated carbocycles. The van der Waals surface area contributed by atoms with Gasteiger partial charge >= 0.3 is 0 Å². The van der Waals surface area contributed by atoms with Gasteiger partial charge in [-0.3, -0.25) is 0 Å². The highest BCUT2D eigenvalue weighted by molar-refractivity contribution is 5.37. The molecule has 1 atom stereocenters. The van der Waals surface area contributed by atoms with Crippen LogP contribution in [0, 0.1) is 5.92 Å². The molecule has 0 radical (unpaired) electrons. The Morgan fingerprint density at radius 2 is 2.00 bits per heavy atom. The summed E-state index contributed by atoms with van der Waals surface area (Å²) in [4.78, 5) is 0. The molecule has 1 heteroatoms. The first-order valence-electron chi connectivity index (χ1n) is 7.23. The molecule has 1 aromatic carbocycles. The number of nitrogens with one attached hydrogen (secondary N) is 1. The molecule has 0 heterocycles. The van der Waals surface area contributed by atoms with Gasteiger partial charge in [-0.1, -0.05) is 31.5 Å². The maximum atomic E-state index is 3.69. The van der Waals surface area contributed by atoms with Gasteiger partial charge in [0, 0.05) is 6.04 Å². The SMILES string of the molecule is CCNC(c1ccc2c(c1)CCC2)C1CCC1. The normalized spacial score (nSPS) is 21.0. The molecule has 1 unspecified atom stereocenters. The summed E-state index contributed by atoms with van der Waals surface area (Å²) in [6, 6.07) is 7.84. The lowest BCUT2D eigenvalue weighted by Crippen LogP contribution is -2.32. The Balaban J connectivity index is 1.84. The van der Waals surface area contributed by atoms with Gasteiger partial charge in [0.2, 0.25) is 0 Å². The lowest BCUT2D eigenvalue weighted by atomic mass is 9.77. The Labute approximate surface area is 105 Å². The van der Waals surface area contributed by atoms with Gasteiger partial charge in [0.25, 0.3) is 0 Å². The second kappa shape index (κ2) is 4.81. The Morgan fingerprint density at radius 1 is 1.18 bits per heavy atom. The van der Waals surface area contributed by atoms with Crippen molar-refractivity contribution in [3.8, 4) is 0 Å². The van der Waals surface area contributed by atoms with Gasteiger partial charge in [-0.2, -0.15) is 0 Å². The van der Waals surface area contributed by atoms with Crippen molar-refractivity contribution < 1.29 is 0 Å². The van der Waals surface area contributed by atoms with Crippen molar-refractivity contribution in [1.82, 2.24) is 5.32 Å². The molecule has 0 saturated heterocycles. The van der Waals surface area contributed by atoms with Crippen LogP contribution < -0.4 is 5.32 Å². The molecule has 0 aliphatic heterocycles. The van der Waals surface area contributed by atoms with Crippen LogP contribution in [0.2, 0.25) is 0 Å². The monoisotopic (exact) mass is 229 g/mol. The van der Waals surface area contributed by atoms with E-state index >= 15 is 0 Å². The highest BCUT2D eigenvalue weighted by atomic mass is 14.9. The highest BCUT2D eigenvalue weighted by Gasteiger charge is 2.28. The average molecular weight is 229 g/mol. The van der Waals surface area contributed by atoms with Gasteiger partial charge < -0.3 is 5.32 Å². The zero-order valence-corrected chi connectivity index (χ0v) is 10.8. The van der Waals surface area contributed by atoms with Gasteiger partial charge in [-0.15, -0.1) is 0 Å². The van der Waals surface area contributed by atoms with Gasteiger partial charge in [0.05, 0.1) is 0 Å². The average Bonchev–Trinajstić information content (AvgIpc) is 2.72. The lowest BCUT2D eigenvalue weighted by Gasteiger charge is -2.35. The van der Waals surface area contributed by atoms with Crippen molar-refractivity contribution in [2.24, 2.45) is 5.92 Å². The highest BCUT2D eigenvalue weighted by Crippen LogP contribution is 2.38. The fourth-order valence-electron chi connectivity index (χ4n) is 3.33. The first-order valence-corrected chi connectivity index (χ1v) is 7.23. The number of fused-ring (bicyclic) bond motifs is 1. The standard InChI is InChI=1S/C16H23N/c1-2-17-16(13-6-4-7-13)15-10-9-12-5-3-8-14(12)11-15/h9-11,13,16-17H,2-8H2,1H3. The van der Waals surface area contributed by atoms with Crippen molar-refractivity contribution in [2.45, 2.75) is 51.5 Å². The molecule has 0 bridgehead atoms. The van der Waals surface area contributed by atoms with Crippen LogP contribution in [0.5, 0.6) is 0 Å². The first kappa shape index (κ1) is 11.3. The van der Waals surface area contributed by atoms with Crippen LogP contribution in [0.1, 0.15) is 55.3 Å². The summed E-state index contributed by atoms with van der Waals surface area (Å²) in [6.07, 6.45) is 8.20. The van der Waals surface area contributed by atoms with Crippen LogP contribution >= 0.6 is 0 Å². The smallest absolute Gasteiger partial charge is 0.0348 e. The number of benzene rings is 1. The fourth-order valence-corrected chi connectivity index (χ4v) is 3.33. The summed E-state index contributed by atoms with van der Waals surface area (Å²) < 4.78 is 0. The van der Waals surface area contributed by atoms with E-state index in [1.807, 2.05) is 0 Å². The lowest BCUT2D eigenvalue weighted by molar-refractivity contribution is 0.233. The van der Waals surface area contributed by atoms with Crippen LogP contribution in [-0.4, -0.2) is 6.54 Å². The van der Waals surface area contributed by atoms with Crippen LogP contribution in [0.3, 0.4) is 0 Å². The van der Waals surface area contributed by atoms with Gasteiger partial charge in [-0.05, 0) is 61.3 Å². The maximum absolute atomic E-state index is 3.69. The van der Waals surface area contributed by atoms with E-state index < -0.39 is 0 Å². The molecule has 1 aromatic rings. The van der Waals surface area contributed by atoms with Crippen molar-refractivity contribution >= 4 is 0 Å². The van der Waals surface area contributed by atoms with Gasteiger partial charge in [0.1, 0.15) is 0 Å². The molecule has 1 fully saturated rings. The topological polar surface area (TPSA) is 12.0 Å². The third-order valence-electron chi connectivity index (χ3n) is 4.53. The van der Waals surface area contributed by atoms with E-state index in [0.717, 1.165) is 12.5 Å². The van der Waals surface area contributed by atoms with E-state index in [0.29, 0.717) is 6.04 Å². The van der Waals surface area contributed by atoms with Crippen molar-refractivity contribution in [3.63, 3.8) is 0 Å². The number of hydrogen-bond acceptors (Lipinski definition) is 1. The molecule has 2 aliphatic rings. The second-order valence-electron chi connectivity index (χ2n) is 5.61. The van der Waals surface area contributed by atoms with Gasteiger partial charge in [0.15, 0.2) is 0 Å². The Morgan fingerprint density at radius 3 is 2.71 bits per heavy atom. The van der Waals surface area contributed by atoms with Crippen molar-refractivity contribution in [3.05, 3.63) is 34.9 Å². The molecule has 17 heavy (non-hydrogen) atoms. The first-order chi connectivity index (χ1) is 8.38. The summed E-state index contributed by atoms with van der Waals surface area (Å²) in [6.45, 7) is 3.30. The summed E-state index contributed by atoms with van der Waals surface area (Å²) >= 11 is 0. The van der Waals surface area contributed by atoms with E-state index in [1.54, 1.807) is 11.1 Å². The van der Waals surface area contributed by atoms with E-state index in [2.05, 4.69) is 30.4 Å². The van der Waals surface area contributed by atoms with Crippen molar-refractivity contribution in [2.75, 3.05) is 6.54 Å². The zero-order valence-electron chi connectivity index (χ0n) is 10.8. The molecular weight excluding hydrogens is 206 g/mol.